The van der Waals surface area contributed by atoms with Crippen LogP contribution in [0.5, 0.6) is 0 Å². The minimum absolute atomic E-state index is 0.261. The minimum atomic E-state index is -0.261. The van der Waals surface area contributed by atoms with Crippen LogP contribution in [-0.4, -0.2) is 37.1 Å². The summed E-state index contributed by atoms with van der Waals surface area (Å²) < 4.78 is 4.94. The van der Waals surface area contributed by atoms with Crippen LogP contribution in [-0.2, 0) is 9.53 Å². The molecule has 0 radical (unpaired) electrons. The summed E-state index contributed by atoms with van der Waals surface area (Å²) in [7, 11) is 2.07. The fraction of sp³-hybridized carbons (Fsp3) is 0.786. The highest BCUT2D eigenvalue weighted by Crippen LogP contribution is 2.26. The van der Waals surface area contributed by atoms with Crippen molar-refractivity contribution in [3.63, 3.8) is 0 Å². The number of carbonyl (C=O) groups excluding carboxylic acids is 1. The van der Waals surface area contributed by atoms with Crippen molar-refractivity contribution < 1.29 is 9.53 Å². The maximum absolute atomic E-state index is 11.5. The summed E-state index contributed by atoms with van der Waals surface area (Å²) in [6.45, 7) is 8.98. The molecule has 0 atom stereocenters. The highest BCUT2D eigenvalue weighted by molar-refractivity contribution is 5.88. The van der Waals surface area contributed by atoms with Crippen LogP contribution in [0, 0.1) is 5.92 Å². The molecule has 17 heavy (non-hydrogen) atoms. The first kappa shape index (κ1) is 14.2. The molecule has 3 heteroatoms. The van der Waals surface area contributed by atoms with Gasteiger partial charge in [0.25, 0.3) is 0 Å². The molecule has 0 spiro atoms. The van der Waals surface area contributed by atoms with Crippen molar-refractivity contribution in [1.82, 2.24) is 4.90 Å². The molecule has 1 aliphatic rings. The van der Waals surface area contributed by atoms with Crippen LogP contribution < -0.4 is 0 Å². The van der Waals surface area contributed by atoms with Crippen molar-refractivity contribution in [1.29, 1.82) is 0 Å². The Bertz CT molecular complexity index is 267. The number of hydrogen-bond donors (Lipinski definition) is 0. The van der Waals surface area contributed by atoms with Crippen molar-refractivity contribution >= 4 is 5.97 Å². The van der Waals surface area contributed by atoms with Crippen molar-refractivity contribution in [2.75, 3.05) is 20.2 Å². The lowest BCUT2D eigenvalue weighted by atomic mass is 9.86. The SMILES string of the molecule is C=C(CN(C)C1CCC(C)CC1)C(=O)OCC. The highest BCUT2D eigenvalue weighted by Gasteiger charge is 2.23. The van der Waals surface area contributed by atoms with Crippen LogP contribution in [0.2, 0.25) is 0 Å². The van der Waals surface area contributed by atoms with Gasteiger partial charge in [-0.05, 0) is 45.6 Å². The molecule has 98 valence electrons. The predicted octanol–water partition coefficient (Wildman–Crippen LogP) is 2.62. The number of likely N-dealkylation sites (N-methyl/N-ethyl adjacent to an activating group) is 1. The van der Waals surface area contributed by atoms with Gasteiger partial charge < -0.3 is 4.74 Å². The van der Waals surface area contributed by atoms with Crippen molar-refractivity contribution in [3.8, 4) is 0 Å². The third-order valence-corrected chi connectivity index (χ3v) is 3.61. The maximum atomic E-state index is 11.5. The standard InChI is InChI=1S/C14H25NO2/c1-5-17-14(16)12(3)10-15(4)13-8-6-11(2)7-9-13/h11,13H,3,5-10H2,1-2,4H3. The van der Waals surface area contributed by atoms with E-state index in [0.29, 0.717) is 24.8 Å². The van der Waals surface area contributed by atoms with Crippen LogP contribution in [0.25, 0.3) is 0 Å². The van der Waals surface area contributed by atoms with Crippen LogP contribution in [0.1, 0.15) is 39.5 Å². The largest absolute Gasteiger partial charge is 0.463 e. The minimum Gasteiger partial charge on any atom is -0.463 e. The van der Waals surface area contributed by atoms with E-state index in [2.05, 4.69) is 25.5 Å². The van der Waals surface area contributed by atoms with E-state index in [9.17, 15) is 4.79 Å². The molecule has 3 nitrogen and oxygen atoms in total. The Hall–Kier alpha value is -0.830. The Labute approximate surface area is 105 Å². The van der Waals surface area contributed by atoms with Gasteiger partial charge >= 0.3 is 5.97 Å². The van der Waals surface area contributed by atoms with Gasteiger partial charge in [0.2, 0.25) is 0 Å². The zero-order valence-electron chi connectivity index (χ0n) is 11.4. The van der Waals surface area contributed by atoms with Crippen LogP contribution in [0.4, 0.5) is 0 Å². The average molecular weight is 239 g/mol. The number of ether oxygens (including phenoxy) is 1. The molecule has 0 saturated heterocycles. The number of carbonyl (C=O) groups is 1. The van der Waals surface area contributed by atoms with E-state index < -0.39 is 0 Å². The molecule has 0 aromatic rings. The maximum Gasteiger partial charge on any atom is 0.334 e. The molecule has 0 amide bonds. The van der Waals surface area contributed by atoms with Gasteiger partial charge in [0, 0.05) is 18.2 Å². The Balaban J connectivity index is 2.35. The second kappa shape index (κ2) is 6.80. The first-order valence-electron chi connectivity index (χ1n) is 6.59. The van der Waals surface area contributed by atoms with Gasteiger partial charge in [0.1, 0.15) is 0 Å². The third kappa shape index (κ3) is 4.50. The first-order chi connectivity index (χ1) is 8.04. The second-order valence-corrected chi connectivity index (χ2v) is 5.15. The molecular formula is C14H25NO2. The highest BCUT2D eigenvalue weighted by atomic mass is 16.5. The Morgan fingerprint density at radius 3 is 2.47 bits per heavy atom. The topological polar surface area (TPSA) is 29.5 Å². The molecule has 0 bridgehead atoms. The van der Waals surface area contributed by atoms with Gasteiger partial charge in [0.15, 0.2) is 0 Å². The zero-order chi connectivity index (χ0) is 12.8. The number of rotatable bonds is 5. The third-order valence-electron chi connectivity index (χ3n) is 3.61. The fourth-order valence-corrected chi connectivity index (χ4v) is 2.41. The smallest absolute Gasteiger partial charge is 0.334 e. The summed E-state index contributed by atoms with van der Waals surface area (Å²) in [6, 6.07) is 0.595. The molecule has 1 fully saturated rings. The van der Waals surface area contributed by atoms with Gasteiger partial charge in [-0.25, -0.2) is 4.79 Å². The lowest BCUT2D eigenvalue weighted by molar-refractivity contribution is -0.138. The summed E-state index contributed by atoms with van der Waals surface area (Å²) in [5, 5.41) is 0. The molecule has 0 unspecified atom stereocenters. The first-order valence-corrected chi connectivity index (χ1v) is 6.59. The summed E-state index contributed by atoms with van der Waals surface area (Å²) in [5.41, 5.74) is 0.563. The molecule has 0 N–H and O–H groups in total. The van der Waals surface area contributed by atoms with E-state index in [4.69, 9.17) is 4.74 Å². The van der Waals surface area contributed by atoms with Crippen molar-refractivity contribution in [2.24, 2.45) is 5.92 Å². The van der Waals surface area contributed by atoms with E-state index in [1.165, 1.54) is 25.7 Å². The summed E-state index contributed by atoms with van der Waals surface area (Å²) in [6.07, 6.45) is 5.04. The Morgan fingerprint density at radius 1 is 1.35 bits per heavy atom. The second-order valence-electron chi connectivity index (χ2n) is 5.15. The van der Waals surface area contributed by atoms with Gasteiger partial charge in [-0.15, -0.1) is 0 Å². The predicted molar refractivity (Wildman–Crippen MR) is 69.8 cm³/mol. The van der Waals surface area contributed by atoms with E-state index in [0.717, 1.165) is 5.92 Å². The van der Waals surface area contributed by atoms with Gasteiger partial charge in [0.05, 0.1) is 6.61 Å². The lowest BCUT2D eigenvalue weighted by Gasteiger charge is -2.33. The molecule has 0 aromatic heterocycles. The van der Waals surface area contributed by atoms with E-state index in [1.54, 1.807) is 0 Å². The van der Waals surface area contributed by atoms with Gasteiger partial charge in [-0.1, -0.05) is 13.5 Å². The molecule has 0 heterocycles. The van der Waals surface area contributed by atoms with E-state index >= 15 is 0 Å². The number of hydrogen-bond acceptors (Lipinski definition) is 3. The summed E-state index contributed by atoms with van der Waals surface area (Å²) in [4.78, 5) is 13.7. The van der Waals surface area contributed by atoms with Crippen LogP contribution in [0.3, 0.4) is 0 Å². The normalized spacial score (nSPS) is 24.7. The summed E-state index contributed by atoms with van der Waals surface area (Å²) in [5.74, 6) is 0.594. The fourth-order valence-electron chi connectivity index (χ4n) is 2.41. The molecular weight excluding hydrogens is 214 g/mol. The zero-order valence-corrected chi connectivity index (χ0v) is 11.4. The number of nitrogens with zero attached hydrogens (tertiary/aromatic N) is 1. The lowest BCUT2D eigenvalue weighted by Crippen LogP contribution is -2.37. The Kier molecular flexibility index (Phi) is 5.69. The van der Waals surface area contributed by atoms with Gasteiger partial charge in [-0.2, -0.15) is 0 Å². The molecule has 1 rings (SSSR count). The molecule has 0 aromatic carbocycles. The van der Waals surface area contributed by atoms with Gasteiger partial charge in [-0.3, -0.25) is 4.90 Å². The average Bonchev–Trinajstić information content (AvgIpc) is 2.30. The summed E-state index contributed by atoms with van der Waals surface area (Å²) >= 11 is 0. The molecule has 1 saturated carbocycles. The van der Waals surface area contributed by atoms with Crippen LogP contribution in [0.15, 0.2) is 12.2 Å². The van der Waals surface area contributed by atoms with Crippen molar-refractivity contribution in [2.45, 2.75) is 45.6 Å². The molecule has 1 aliphatic carbocycles. The number of esters is 1. The molecule has 0 aliphatic heterocycles. The monoisotopic (exact) mass is 239 g/mol. The van der Waals surface area contributed by atoms with E-state index in [1.807, 2.05) is 6.92 Å². The van der Waals surface area contributed by atoms with Crippen molar-refractivity contribution in [3.05, 3.63) is 12.2 Å². The quantitative estimate of drug-likeness (QED) is 0.545. The van der Waals surface area contributed by atoms with E-state index in [-0.39, 0.29) is 5.97 Å². The van der Waals surface area contributed by atoms with Crippen LogP contribution >= 0.6 is 0 Å². The Morgan fingerprint density at radius 2 is 1.94 bits per heavy atom.